The van der Waals surface area contributed by atoms with Gasteiger partial charge in [-0.3, -0.25) is 18.3 Å². The largest absolute Gasteiger partial charge is 2.00 e. The van der Waals surface area contributed by atoms with Crippen molar-refractivity contribution in [2.75, 3.05) is 23.9 Å². The van der Waals surface area contributed by atoms with Gasteiger partial charge in [-0.1, -0.05) is 136 Å². The first kappa shape index (κ1) is 106. The Balaban J connectivity index is 0.000000137. The molecule has 0 fully saturated rings. The first-order chi connectivity index (χ1) is 70.0. The molecule has 2 aliphatic heterocycles. The molecule has 2 aliphatic rings. The fraction of sp³-hybridized carbons (Fsp3) is 0.236. The molecule has 0 saturated heterocycles. The van der Waals surface area contributed by atoms with Crippen LogP contribution in [0.3, 0.4) is 0 Å². The molecule has 40 heteroatoms. The van der Waals surface area contributed by atoms with Crippen LogP contribution in [0, 0.1) is 12.1 Å². The molecule has 36 nitrogen and oxygen atoms in total. The van der Waals surface area contributed by atoms with Crippen LogP contribution in [-0.4, -0.2) is 157 Å². The molecular weight excluding hydrogens is 2480 g/mol. The molecular formula is C110H112CuN34O2Pt3. The van der Waals surface area contributed by atoms with E-state index >= 15 is 0 Å². The number of imidazole rings is 12. The van der Waals surface area contributed by atoms with Crippen LogP contribution < -0.4 is 29.7 Å². The monoisotopic (exact) mass is 2590 g/mol. The van der Waals surface area contributed by atoms with E-state index in [2.05, 4.69) is 224 Å². The minimum absolute atomic E-state index is 0. The van der Waals surface area contributed by atoms with Crippen LogP contribution in [0.5, 0.6) is 11.5 Å². The summed E-state index contributed by atoms with van der Waals surface area (Å²) in [6.45, 7) is 17.1. The first-order valence-electron chi connectivity index (χ1n) is 47.8. The zero-order valence-corrected chi connectivity index (χ0v) is 94.5. The second-order valence-electron chi connectivity index (χ2n) is 39.1. The van der Waals surface area contributed by atoms with E-state index in [4.69, 9.17) is 39.9 Å². The Kier molecular flexibility index (Phi) is 29.0. The van der Waals surface area contributed by atoms with Crippen LogP contribution in [-0.2, 0) is 186 Å². The van der Waals surface area contributed by atoms with E-state index in [1.54, 1.807) is 24.8 Å². The van der Waals surface area contributed by atoms with Gasteiger partial charge in [0.2, 0.25) is 11.9 Å². The van der Waals surface area contributed by atoms with Crippen molar-refractivity contribution in [3.05, 3.63) is 326 Å². The Hall–Kier alpha value is -15.5. The van der Waals surface area contributed by atoms with E-state index in [1.165, 1.54) is 0 Å². The molecule has 1 radical (unpaired) electrons. The maximum atomic E-state index is 11.9. The minimum atomic E-state index is -0.746. The number of para-hydroxylation sites is 6. The number of hydrogen-bond acceptors (Lipinski definition) is 16. The van der Waals surface area contributed by atoms with Crippen molar-refractivity contribution in [1.82, 2.24) is 153 Å². The summed E-state index contributed by atoms with van der Waals surface area (Å²) < 4.78 is 31.1. The molecule has 0 unspecified atom stereocenters. The molecule has 150 heavy (non-hydrogen) atoms. The minimum Gasteiger partial charge on any atom is -0.507 e. The van der Waals surface area contributed by atoms with E-state index in [0.717, 1.165) is 103 Å². The third-order valence-electron chi connectivity index (χ3n) is 28.2. The number of fused-ring (bicyclic) bond motifs is 34. The summed E-state index contributed by atoms with van der Waals surface area (Å²) in [5.41, 5.74) is 17.6. The van der Waals surface area contributed by atoms with Crippen LogP contribution >= 0.6 is 0 Å². The third kappa shape index (κ3) is 18.9. The Labute approximate surface area is 918 Å². The molecule has 0 atom stereocenters. The van der Waals surface area contributed by atoms with Gasteiger partial charge in [0.25, 0.3) is 0 Å². The Morgan fingerprint density at radius 3 is 0.833 bits per heavy atom. The molecule has 0 saturated carbocycles. The van der Waals surface area contributed by atoms with Crippen LogP contribution in [0.2, 0.25) is 0 Å². The standard InChI is InChI=1S/C38H36N6.C36H32N4O2.2C18H22N12.Cu.3Pt/c1-37(2)27-15-13-21-31(23-27)41(5)35-39-33(25-43(35)29-17-9-7-10-18-29)38(3,4)34-26-44(30-19-11-8-12-20-30)36(40-34)42(6)32-22-14-16-28(37)24-32;1-35(2)27-19-11-17-25(31(27)41)33-37-29(21-39(33)23-13-7-5-8-14-23)36(3,4)30-22-40(24-15-9-6-10-16-24)34(38-30)26-18-12-20-28(35)32(26)42;2*1-25-9-13-23-17(25)29(5)15-19-7-11(21-15)27(3)12-8-20-16(22-12)30(6)18-24-14(28(13)4)10-26(18)2;;;;/h7-22,25-26H,1-6H3;5-22,41-42H,1-4H3;2*7-10H,1-6H3;;;;/q-2;;2*-2;+2;;2*+2. The quantitative estimate of drug-likeness (QED) is 0.122. The van der Waals surface area contributed by atoms with Crippen LogP contribution in [0.1, 0.15) is 100 Å². The van der Waals surface area contributed by atoms with Crippen LogP contribution in [0.15, 0.2) is 268 Å². The molecule has 0 aliphatic carbocycles. The van der Waals surface area contributed by atoms with Gasteiger partial charge in [-0.05, 0) is 161 Å². The summed E-state index contributed by atoms with van der Waals surface area (Å²) in [5, 5.41) is 23.8. The van der Waals surface area contributed by atoms with E-state index in [-0.39, 0.29) is 97.2 Å². The normalized spacial score (nSPS) is 13.3. The van der Waals surface area contributed by atoms with Gasteiger partial charge in [0.1, 0.15) is 23.1 Å². The number of nitrogens with zero attached hydrogens (tertiary/aromatic N) is 34. The predicted octanol–water partition coefficient (Wildman–Crippen LogP) is 17.2. The molecule has 22 aromatic rings. The second kappa shape index (κ2) is 41.2. The van der Waals surface area contributed by atoms with Crippen molar-refractivity contribution < 1.29 is 90.5 Å². The number of phenolic OH excluding ortho intramolecular Hbond substituents is 2. The topological polar surface area (TPSA) is 337 Å². The van der Waals surface area contributed by atoms with Crippen molar-refractivity contribution >= 4 is 115 Å². The summed E-state index contributed by atoms with van der Waals surface area (Å²) in [4.78, 5) is 80.9. The van der Waals surface area contributed by atoms with Gasteiger partial charge in [0.15, 0.2) is 45.7 Å². The van der Waals surface area contributed by atoms with Crippen molar-refractivity contribution in [2.24, 2.45) is 84.6 Å². The van der Waals surface area contributed by atoms with Gasteiger partial charge in [0, 0.05) is 189 Å². The van der Waals surface area contributed by atoms with Crippen molar-refractivity contribution in [2.45, 2.75) is 77.0 Å². The molecule has 0 amide bonds. The zero-order chi connectivity index (χ0) is 102. The van der Waals surface area contributed by atoms with E-state index < -0.39 is 16.2 Å². The molecule has 32 bridgehead atoms. The summed E-state index contributed by atoms with van der Waals surface area (Å²) in [6, 6.07) is 72.6. The maximum Gasteiger partial charge on any atom is 2.00 e. The van der Waals surface area contributed by atoms with Crippen molar-refractivity contribution in [3.63, 3.8) is 0 Å². The van der Waals surface area contributed by atoms with Crippen LogP contribution in [0.4, 0.5) is 23.3 Å². The van der Waals surface area contributed by atoms with Crippen LogP contribution in [0.25, 0.3) is 137 Å². The number of aryl methyl sites for hydroxylation is 12. The summed E-state index contributed by atoms with van der Waals surface area (Å²) >= 11 is 0. The SMILES string of the molecule is CC1(C)c2cn(-c3ccccc3)c(n2)-c2cccc(c2O)C(C)(C)c2cccc(c2O)-c2nc1cn2-c1ccccc1.CN1c2[c-]c(ccc2)C(C)(C)c2[c-]c(ccc2)N(C)c2nc(cn2-c2ccccc2)C(C)(C)c2cn(-c3ccccc3)c1n2.Cn1cc2nc1n(C)c1ncc([n-]1)n(C)c1cnc([n-]1)n(C)c1nc(cn1C)n2C.Cn1cc2nc1n(C)c1ncc([n-]1)n(C)c1cnc([n-]1)n(C)c1nc(cn1C)n2C.[Cu+2].[Pt+2].[Pt+2].[Pt]. The maximum absolute atomic E-state index is 11.9. The fourth-order valence-electron chi connectivity index (χ4n) is 18.8. The van der Waals surface area contributed by atoms with Gasteiger partial charge in [-0.2, -0.15) is 47.5 Å². The molecule has 775 valence electrons. The fourth-order valence-corrected chi connectivity index (χ4v) is 18.8. The third-order valence-corrected chi connectivity index (χ3v) is 28.2. The van der Waals surface area contributed by atoms with Crippen molar-refractivity contribution in [1.29, 1.82) is 0 Å². The number of benzene rings is 8. The number of phenols is 2. The van der Waals surface area contributed by atoms with Gasteiger partial charge >= 0.3 is 59.2 Å². The van der Waals surface area contributed by atoms with Gasteiger partial charge in [-0.15, -0.1) is 12.1 Å². The molecule has 24 rings (SSSR count). The number of rotatable bonds is 4. The van der Waals surface area contributed by atoms with Gasteiger partial charge in [-0.25, -0.2) is 39.9 Å². The average Bonchev–Trinajstić information content (AvgIpc) is 1.80. The Morgan fingerprint density at radius 1 is 0.273 bits per heavy atom. The number of hydrogen-bond donors (Lipinski definition) is 2. The molecule has 2 N–H and O–H groups in total. The summed E-state index contributed by atoms with van der Waals surface area (Å²) in [5.74, 6) is 8.22. The van der Waals surface area contributed by atoms with E-state index in [9.17, 15) is 10.2 Å². The molecule has 14 aromatic heterocycles. The Bertz CT molecular complexity index is 8410. The second-order valence-corrected chi connectivity index (χ2v) is 39.1. The molecule has 0 spiro atoms. The van der Waals surface area contributed by atoms with Gasteiger partial charge < -0.3 is 115 Å². The first-order valence-corrected chi connectivity index (χ1v) is 47.8. The summed E-state index contributed by atoms with van der Waals surface area (Å²) in [6.07, 6.45) is 23.0. The number of aromatic nitrogens is 32. The smallest absolute Gasteiger partial charge is 0.507 e. The average molecular weight is 2590 g/mol. The molecule has 8 aromatic carbocycles. The number of anilines is 4. The summed E-state index contributed by atoms with van der Waals surface area (Å²) in [7, 11) is 27.1. The zero-order valence-electron chi connectivity index (χ0n) is 86.8. The Morgan fingerprint density at radius 2 is 0.540 bits per heavy atom. The van der Waals surface area contributed by atoms with E-state index in [0.29, 0.717) is 103 Å². The number of aromatic hydroxyl groups is 2. The molecule has 16 heterocycles. The van der Waals surface area contributed by atoms with E-state index in [1.807, 2.05) is 309 Å². The van der Waals surface area contributed by atoms with Crippen molar-refractivity contribution in [3.8, 4) is 57.0 Å². The predicted molar refractivity (Wildman–Crippen MR) is 568 cm³/mol. The van der Waals surface area contributed by atoms with Gasteiger partial charge in [0.05, 0.1) is 67.8 Å².